The van der Waals surface area contributed by atoms with E-state index in [0.717, 1.165) is 23.7 Å². The molecular weight excluding hydrogens is 270 g/mol. The highest BCUT2D eigenvalue weighted by atomic mass is 32.1. The molecule has 2 rings (SSSR count). The summed E-state index contributed by atoms with van der Waals surface area (Å²) in [4.78, 5) is 4.71. The number of para-hydroxylation sites is 1. The SMILES string of the molecule is CC(C)c1nccn1CCOc1ccccc1C(N)=S. The summed E-state index contributed by atoms with van der Waals surface area (Å²) in [7, 11) is 0. The number of hydrogen-bond donors (Lipinski definition) is 1. The van der Waals surface area contributed by atoms with Crippen LogP contribution in [0.1, 0.15) is 31.2 Å². The summed E-state index contributed by atoms with van der Waals surface area (Å²) >= 11 is 5.02. The minimum Gasteiger partial charge on any atom is -0.491 e. The highest BCUT2D eigenvalue weighted by molar-refractivity contribution is 7.80. The third-order valence-electron chi connectivity index (χ3n) is 3.01. The molecule has 0 atom stereocenters. The highest BCUT2D eigenvalue weighted by Crippen LogP contribution is 2.18. The number of benzene rings is 1. The lowest BCUT2D eigenvalue weighted by Gasteiger charge is -2.13. The molecule has 2 aromatic rings. The standard InChI is InChI=1S/C15H19N3OS/c1-11(2)15-17-7-8-18(15)9-10-19-13-6-4-3-5-12(13)14(16)20/h3-8,11H,9-10H2,1-2H3,(H2,16,20). The van der Waals surface area contributed by atoms with Crippen molar-refractivity contribution in [3.05, 3.63) is 48.0 Å². The monoisotopic (exact) mass is 289 g/mol. The van der Waals surface area contributed by atoms with Crippen molar-refractivity contribution in [3.63, 3.8) is 0 Å². The Morgan fingerprint density at radius 3 is 2.85 bits per heavy atom. The van der Waals surface area contributed by atoms with E-state index >= 15 is 0 Å². The van der Waals surface area contributed by atoms with Gasteiger partial charge >= 0.3 is 0 Å². The van der Waals surface area contributed by atoms with Crippen molar-refractivity contribution >= 4 is 17.2 Å². The Morgan fingerprint density at radius 1 is 1.40 bits per heavy atom. The van der Waals surface area contributed by atoms with E-state index in [0.29, 0.717) is 17.5 Å². The molecule has 0 spiro atoms. The van der Waals surface area contributed by atoms with Crippen LogP contribution in [-0.4, -0.2) is 21.1 Å². The van der Waals surface area contributed by atoms with Crippen LogP contribution in [0.25, 0.3) is 0 Å². The maximum absolute atomic E-state index is 5.79. The van der Waals surface area contributed by atoms with Crippen LogP contribution in [0.4, 0.5) is 0 Å². The highest BCUT2D eigenvalue weighted by Gasteiger charge is 2.08. The first-order chi connectivity index (χ1) is 9.59. The number of imidazole rings is 1. The molecule has 0 saturated carbocycles. The van der Waals surface area contributed by atoms with Gasteiger partial charge in [0.05, 0.1) is 12.1 Å². The van der Waals surface area contributed by atoms with E-state index in [1.165, 1.54) is 0 Å². The Bertz CT molecular complexity index is 592. The molecule has 106 valence electrons. The second-order valence-corrected chi connectivity index (χ2v) is 5.28. The zero-order valence-electron chi connectivity index (χ0n) is 11.7. The number of rotatable bonds is 6. The first-order valence-electron chi connectivity index (χ1n) is 6.62. The molecular formula is C15H19N3OS. The van der Waals surface area contributed by atoms with Crippen LogP contribution >= 0.6 is 12.2 Å². The van der Waals surface area contributed by atoms with Crippen LogP contribution in [0.2, 0.25) is 0 Å². The van der Waals surface area contributed by atoms with E-state index in [2.05, 4.69) is 23.4 Å². The third kappa shape index (κ3) is 3.36. The second kappa shape index (κ2) is 6.52. The van der Waals surface area contributed by atoms with Crippen molar-refractivity contribution in [2.24, 2.45) is 5.73 Å². The summed E-state index contributed by atoms with van der Waals surface area (Å²) in [5.74, 6) is 2.19. The van der Waals surface area contributed by atoms with Crippen LogP contribution in [0.3, 0.4) is 0 Å². The largest absolute Gasteiger partial charge is 0.491 e. The Labute approximate surface area is 124 Å². The Hall–Kier alpha value is -1.88. The average molecular weight is 289 g/mol. The van der Waals surface area contributed by atoms with Gasteiger partial charge in [0.15, 0.2) is 0 Å². The average Bonchev–Trinajstić information content (AvgIpc) is 2.87. The lowest BCUT2D eigenvalue weighted by molar-refractivity contribution is 0.295. The Morgan fingerprint density at radius 2 is 2.15 bits per heavy atom. The second-order valence-electron chi connectivity index (χ2n) is 4.84. The van der Waals surface area contributed by atoms with Gasteiger partial charge in [0.2, 0.25) is 0 Å². The molecule has 1 aromatic heterocycles. The van der Waals surface area contributed by atoms with Gasteiger partial charge in [-0.2, -0.15) is 0 Å². The predicted octanol–water partition coefficient (Wildman–Crippen LogP) is 2.72. The van der Waals surface area contributed by atoms with Gasteiger partial charge in [-0.3, -0.25) is 0 Å². The lowest BCUT2D eigenvalue weighted by Crippen LogP contribution is -2.15. The topological polar surface area (TPSA) is 53.1 Å². The molecule has 0 aliphatic rings. The first kappa shape index (κ1) is 14.5. The van der Waals surface area contributed by atoms with Crippen LogP contribution < -0.4 is 10.5 Å². The summed E-state index contributed by atoms with van der Waals surface area (Å²) in [6.07, 6.45) is 3.79. The van der Waals surface area contributed by atoms with Crippen molar-refractivity contribution in [2.45, 2.75) is 26.3 Å². The van der Waals surface area contributed by atoms with Gasteiger partial charge in [0, 0.05) is 18.3 Å². The summed E-state index contributed by atoms with van der Waals surface area (Å²) in [6.45, 7) is 5.55. The molecule has 1 heterocycles. The van der Waals surface area contributed by atoms with Gasteiger partial charge in [0.25, 0.3) is 0 Å². The number of thiocarbonyl (C=S) groups is 1. The number of aromatic nitrogens is 2. The molecule has 1 aromatic carbocycles. The van der Waals surface area contributed by atoms with E-state index in [1.54, 1.807) is 0 Å². The van der Waals surface area contributed by atoms with E-state index in [-0.39, 0.29) is 0 Å². The number of ether oxygens (including phenoxy) is 1. The summed E-state index contributed by atoms with van der Waals surface area (Å²) in [5, 5.41) is 0. The Kier molecular flexibility index (Phi) is 4.74. The molecule has 5 heteroatoms. The van der Waals surface area contributed by atoms with E-state index in [4.69, 9.17) is 22.7 Å². The molecule has 0 saturated heterocycles. The van der Waals surface area contributed by atoms with Gasteiger partial charge in [0.1, 0.15) is 23.2 Å². The molecule has 20 heavy (non-hydrogen) atoms. The molecule has 0 fully saturated rings. The fourth-order valence-electron chi connectivity index (χ4n) is 2.06. The predicted molar refractivity (Wildman–Crippen MR) is 84.1 cm³/mol. The molecule has 0 unspecified atom stereocenters. The Balaban J connectivity index is 2.00. The van der Waals surface area contributed by atoms with Gasteiger partial charge < -0.3 is 15.0 Å². The van der Waals surface area contributed by atoms with Crippen molar-refractivity contribution in [3.8, 4) is 5.75 Å². The van der Waals surface area contributed by atoms with Gasteiger partial charge in [-0.05, 0) is 12.1 Å². The van der Waals surface area contributed by atoms with Crippen LogP contribution in [-0.2, 0) is 6.54 Å². The van der Waals surface area contributed by atoms with Crippen molar-refractivity contribution in [1.29, 1.82) is 0 Å². The molecule has 0 bridgehead atoms. The fraction of sp³-hybridized carbons (Fsp3) is 0.333. The van der Waals surface area contributed by atoms with E-state index < -0.39 is 0 Å². The first-order valence-corrected chi connectivity index (χ1v) is 7.03. The number of nitrogens with two attached hydrogens (primary N) is 1. The molecule has 0 aliphatic heterocycles. The molecule has 0 aliphatic carbocycles. The van der Waals surface area contributed by atoms with Gasteiger partial charge in [-0.25, -0.2) is 4.98 Å². The van der Waals surface area contributed by atoms with Crippen LogP contribution in [0, 0.1) is 0 Å². The fourth-order valence-corrected chi connectivity index (χ4v) is 2.23. The lowest BCUT2D eigenvalue weighted by atomic mass is 10.2. The number of hydrogen-bond acceptors (Lipinski definition) is 3. The number of nitrogens with zero attached hydrogens (tertiary/aromatic N) is 2. The van der Waals surface area contributed by atoms with Crippen molar-refractivity contribution in [1.82, 2.24) is 9.55 Å². The van der Waals surface area contributed by atoms with E-state index in [9.17, 15) is 0 Å². The van der Waals surface area contributed by atoms with E-state index in [1.807, 2.05) is 36.7 Å². The van der Waals surface area contributed by atoms with Gasteiger partial charge in [-0.1, -0.05) is 38.2 Å². The molecule has 0 radical (unpaired) electrons. The van der Waals surface area contributed by atoms with Crippen LogP contribution in [0.5, 0.6) is 5.75 Å². The minimum absolute atomic E-state index is 0.353. The minimum atomic E-state index is 0.353. The third-order valence-corrected chi connectivity index (χ3v) is 3.23. The quantitative estimate of drug-likeness (QED) is 0.831. The van der Waals surface area contributed by atoms with Gasteiger partial charge in [-0.15, -0.1) is 0 Å². The van der Waals surface area contributed by atoms with Crippen molar-refractivity contribution in [2.75, 3.05) is 6.61 Å². The summed E-state index contributed by atoms with van der Waals surface area (Å²) in [5.41, 5.74) is 6.46. The smallest absolute Gasteiger partial charge is 0.129 e. The van der Waals surface area contributed by atoms with Crippen LogP contribution in [0.15, 0.2) is 36.7 Å². The molecule has 2 N–H and O–H groups in total. The molecule has 4 nitrogen and oxygen atoms in total. The summed E-state index contributed by atoms with van der Waals surface area (Å²) in [6, 6.07) is 7.56. The maximum Gasteiger partial charge on any atom is 0.129 e. The maximum atomic E-state index is 5.79. The van der Waals surface area contributed by atoms with Crippen molar-refractivity contribution < 1.29 is 4.74 Å². The zero-order chi connectivity index (χ0) is 14.5. The zero-order valence-corrected chi connectivity index (χ0v) is 12.6. The molecule has 0 amide bonds. The summed E-state index contributed by atoms with van der Waals surface area (Å²) < 4.78 is 7.90. The normalized spacial score (nSPS) is 10.8.